The Balaban J connectivity index is 2.85. The van der Waals surface area contributed by atoms with Crippen LogP contribution in [0, 0.1) is 0 Å². The minimum Gasteiger partial charge on any atom is -0.466 e. The van der Waals surface area contributed by atoms with Gasteiger partial charge in [0, 0.05) is 20.0 Å². The zero-order valence-corrected chi connectivity index (χ0v) is 6.71. The second-order valence-electron chi connectivity index (χ2n) is 2.03. The predicted octanol–water partition coefficient (Wildman–Crippen LogP) is -0.0515. The van der Waals surface area contributed by atoms with Gasteiger partial charge in [-0.25, -0.2) is 0 Å². The van der Waals surface area contributed by atoms with Crippen LogP contribution in [0.25, 0.3) is 0 Å². The fourth-order valence-electron chi connectivity index (χ4n) is 0.543. The average molecular weight is 162 g/mol. The van der Waals surface area contributed by atoms with Gasteiger partial charge in [-0.1, -0.05) is 0 Å². The first kappa shape index (κ1) is 10.4. The Morgan fingerprint density at radius 1 is 1.36 bits per heavy atom. The third kappa shape index (κ3) is 9.39. The van der Waals surface area contributed by atoms with Crippen LogP contribution in [0.1, 0.15) is 13.3 Å². The molecule has 0 aliphatic carbocycles. The fraction of sp³-hybridized carbons (Fsp3) is 0.857. The summed E-state index contributed by atoms with van der Waals surface area (Å²) in [5.41, 5.74) is 0. The van der Waals surface area contributed by atoms with Gasteiger partial charge in [0.15, 0.2) is 0 Å². The standard InChI is InChI=1S/C7H14O4/c1-7(9)11-5-2-4-10-6-3-8/h8H,2-6H2,1H3. The summed E-state index contributed by atoms with van der Waals surface area (Å²) in [6.45, 7) is 2.66. The molecular formula is C7H14O4. The Hall–Kier alpha value is -0.610. The van der Waals surface area contributed by atoms with Crippen LogP contribution < -0.4 is 0 Å². The van der Waals surface area contributed by atoms with Crippen LogP contribution >= 0.6 is 0 Å². The second kappa shape index (κ2) is 7.50. The molecule has 0 aromatic heterocycles. The molecule has 0 heterocycles. The van der Waals surface area contributed by atoms with Gasteiger partial charge in [0.1, 0.15) is 0 Å². The third-order valence-corrected chi connectivity index (χ3v) is 0.974. The molecule has 66 valence electrons. The maximum absolute atomic E-state index is 10.2. The number of aliphatic hydroxyl groups excluding tert-OH is 1. The maximum Gasteiger partial charge on any atom is 0.302 e. The molecule has 0 atom stereocenters. The number of carbonyl (C=O) groups is 1. The SMILES string of the molecule is CC(=O)OCCCOCCO. The van der Waals surface area contributed by atoms with Gasteiger partial charge in [-0.3, -0.25) is 4.79 Å². The van der Waals surface area contributed by atoms with Crippen molar-refractivity contribution in [3.8, 4) is 0 Å². The Morgan fingerprint density at radius 2 is 2.09 bits per heavy atom. The molecule has 0 aliphatic rings. The molecule has 0 spiro atoms. The van der Waals surface area contributed by atoms with Crippen molar-refractivity contribution in [2.75, 3.05) is 26.4 Å². The van der Waals surface area contributed by atoms with Gasteiger partial charge in [-0.05, 0) is 0 Å². The van der Waals surface area contributed by atoms with Gasteiger partial charge in [0.05, 0.1) is 19.8 Å². The third-order valence-electron chi connectivity index (χ3n) is 0.974. The quantitative estimate of drug-likeness (QED) is 0.439. The van der Waals surface area contributed by atoms with E-state index in [1.807, 2.05) is 0 Å². The van der Waals surface area contributed by atoms with E-state index in [0.29, 0.717) is 26.2 Å². The zero-order chi connectivity index (χ0) is 8.53. The highest BCUT2D eigenvalue weighted by atomic mass is 16.5. The number of rotatable bonds is 6. The van der Waals surface area contributed by atoms with E-state index in [-0.39, 0.29) is 12.6 Å². The van der Waals surface area contributed by atoms with E-state index in [1.54, 1.807) is 0 Å². The van der Waals surface area contributed by atoms with Crippen LogP contribution in [0.5, 0.6) is 0 Å². The van der Waals surface area contributed by atoms with E-state index in [4.69, 9.17) is 9.84 Å². The lowest BCUT2D eigenvalue weighted by atomic mass is 10.5. The number of hydrogen-bond acceptors (Lipinski definition) is 4. The smallest absolute Gasteiger partial charge is 0.302 e. The van der Waals surface area contributed by atoms with Crippen molar-refractivity contribution in [1.82, 2.24) is 0 Å². The number of esters is 1. The van der Waals surface area contributed by atoms with Crippen LogP contribution in [0.15, 0.2) is 0 Å². The van der Waals surface area contributed by atoms with Crippen LogP contribution in [-0.4, -0.2) is 37.5 Å². The van der Waals surface area contributed by atoms with Crippen molar-refractivity contribution in [3.63, 3.8) is 0 Å². The van der Waals surface area contributed by atoms with E-state index < -0.39 is 0 Å². The summed E-state index contributed by atoms with van der Waals surface area (Å²) in [6, 6.07) is 0. The van der Waals surface area contributed by atoms with E-state index in [1.165, 1.54) is 6.92 Å². The topological polar surface area (TPSA) is 55.8 Å². The normalized spacial score (nSPS) is 9.64. The van der Waals surface area contributed by atoms with Gasteiger partial charge >= 0.3 is 5.97 Å². The monoisotopic (exact) mass is 162 g/mol. The maximum atomic E-state index is 10.2. The lowest BCUT2D eigenvalue weighted by Gasteiger charge is -2.01. The van der Waals surface area contributed by atoms with E-state index >= 15 is 0 Å². The fourth-order valence-corrected chi connectivity index (χ4v) is 0.543. The number of ether oxygens (including phenoxy) is 2. The van der Waals surface area contributed by atoms with Crippen molar-refractivity contribution in [2.45, 2.75) is 13.3 Å². The van der Waals surface area contributed by atoms with Crippen LogP contribution in [0.2, 0.25) is 0 Å². The molecule has 0 rings (SSSR count). The minimum atomic E-state index is -0.271. The van der Waals surface area contributed by atoms with Crippen molar-refractivity contribution in [2.24, 2.45) is 0 Å². The molecule has 4 nitrogen and oxygen atoms in total. The lowest BCUT2D eigenvalue weighted by molar-refractivity contribution is -0.141. The van der Waals surface area contributed by atoms with Gasteiger partial charge < -0.3 is 14.6 Å². The lowest BCUT2D eigenvalue weighted by Crippen LogP contribution is -2.06. The van der Waals surface area contributed by atoms with Crippen LogP contribution in [-0.2, 0) is 14.3 Å². The first-order valence-corrected chi connectivity index (χ1v) is 3.59. The van der Waals surface area contributed by atoms with Crippen molar-refractivity contribution >= 4 is 5.97 Å². The first-order chi connectivity index (χ1) is 5.27. The van der Waals surface area contributed by atoms with Crippen molar-refractivity contribution in [1.29, 1.82) is 0 Å². The first-order valence-electron chi connectivity index (χ1n) is 3.59. The molecule has 0 saturated heterocycles. The molecule has 0 aromatic rings. The van der Waals surface area contributed by atoms with E-state index in [0.717, 1.165) is 0 Å². The number of aliphatic hydroxyl groups is 1. The van der Waals surface area contributed by atoms with Crippen molar-refractivity contribution < 1.29 is 19.4 Å². The molecule has 1 N–H and O–H groups in total. The van der Waals surface area contributed by atoms with Crippen LogP contribution in [0.4, 0.5) is 0 Å². The van der Waals surface area contributed by atoms with E-state index in [9.17, 15) is 4.79 Å². The molecule has 0 bridgehead atoms. The molecule has 0 unspecified atom stereocenters. The van der Waals surface area contributed by atoms with Gasteiger partial charge in [-0.15, -0.1) is 0 Å². The minimum absolute atomic E-state index is 0.0353. The highest BCUT2D eigenvalue weighted by Gasteiger charge is 1.91. The molecule has 11 heavy (non-hydrogen) atoms. The molecular weight excluding hydrogens is 148 g/mol. The number of carbonyl (C=O) groups excluding carboxylic acids is 1. The molecule has 0 aromatic carbocycles. The molecule has 4 heteroatoms. The highest BCUT2D eigenvalue weighted by Crippen LogP contribution is 1.85. The van der Waals surface area contributed by atoms with Crippen molar-refractivity contribution in [3.05, 3.63) is 0 Å². The van der Waals surface area contributed by atoms with Crippen LogP contribution in [0.3, 0.4) is 0 Å². The van der Waals surface area contributed by atoms with Gasteiger partial charge in [0.25, 0.3) is 0 Å². The summed E-state index contributed by atoms with van der Waals surface area (Å²) in [7, 11) is 0. The molecule has 0 amide bonds. The van der Waals surface area contributed by atoms with E-state index in [2.05, 4.69) is 4.74 Å². The summed E-state index contributed by atoms with van der Waals surface area (Å²) < 4.78 is 9.56. The Labute approximate surface area is 66.1 Å². The summed E-state index contributed by atoms with van der Waals surface area (Å²) in [5.74, 6) is -0.271. The Kier molecular flexibility index (Phi) is 7.08. The zero-order valence-electron chi connectivity index (χ0n) is 6.71. The molecule has 0 aliphatic heterocycles. The predicted molar refractivity (Wildman–Crippen MR) is 39.2 cm³/mol. The summed E-state index contributed by atoms with van der Waals surface area (Å²) in [4.78, 5) is 10.2. The van der Waals surface area contributed by atoms with Gasteiger partial charge in [-0.2, -0.15) is 0 Å². The molecule has 0 radical (unpaired) electrons. The Morgan fingerprint density at radius 3 is 2.64 bits per heavy atom. The second-order valence-corrected chi connectivity index (χ2v) is 2.03. The highest BCUT2D eigenvalue weighted by molar-refractivity contribution is 5.65. The Bertz CT molecular complexity index is 103. The summed E-state index contributed by atoms with van der Waals surface area (Å²) >= 11 is 0. The largest absolute Gasteiger partial charge is 0.466 e. The number of hydrogen-bond donors (Lipinski definition) is 1. The van der Waals surface area contributed by atoms with Gasteiger partial charge in [0.2, 0.25) is 0 Å². The molecule has 0 fully saturated rings. The summed E-state index contributed by atoms with van der Waals surface area (Å²) in [5, 5.41) is 8.30. The molecule has 0 saturated carbocycles. The average Bonchev–Trinajstić information content (AvgIpc) is 1.96. The summed E-state index contributed by atoms with van der Waals surface area (Å²) in [6.07, 6.45) is 0.680.